The summed E-state index contributed by atoms with van der Waals surface area (Å²) in [5, 5.41) is 16.7. The molecule has 2 N–H and O–H groups in total. The molecule has 3 aromatic rings. The molecule has 0 spiro atoms. The molecule has 162 valence electrons. The lowest BCUT2D eigenvalue weighted by Crippen LogP contribution is -2.46. The molecule has 0 bridgehead atoms. The van der Waals surface area contributed by atoms with Gasteiger partial charge >= 0.3 is 0 Å². The highest BCUT2D eigenvalue weighted by Crippen LogP contribution is 2.23. The van der Waals surface area contributed by atoms with Crippen LogP contribution in [-0.4, -0.2) is 50.7 Å². The molecule has 4 rings (SSSR count). The number of carbonyl (C=O) groups excluding carboxylic acids is 2. The van der Waals surface area contributed by atoms with E-state index in [1.54, 1.807) is 13.0 Å². The fourth-order valence-electron chi connectivity index (χ4n) is 3.75. The number of aromatic nitrogens is 2. The molecule has 0 radical (unpaired) electrons. The molecule has 1 aliphatic rings. The van der Waals surface area contributed by atoms with E-state index in [9.17, 15) is 14.7 Å². The van der Waals surface area contributed by atoms with Gasteiger partial charge < -0.3 is 24.3 Å². The van der Waals surface area contributed by atoms with Crippen LogP contribution in [0.2, 0.25) is 0 Å². The molecule has 9 heteroatoms. The predicted molar refractivity (Wildman–Crippen MR) is 110 cm³/mol. The second-order valence-electron chi connectivity index (χ2n) is 7.74. The number of likely N-dealkylation sites (tertiary alicyclic amines) is 1. The number of carbonyl (C=O) groups is 2. The summed E-state index contributed by atoms with van der Waals surface area (Å²) in [6.45, 7) is 4.08. The number of benzene rings is 1. The molecule has 31 heavy (non-hydrogen) atoms. The van der Waals surface area contributed by atoms with E-state index in [-0.39, 0.29) is 31.2 Å². The molecule has 2 aromatic heterocycles. The predicted octanol–water partition coefficient (Wildman–Crippen LogP) is 1.77. The van der Waals surface area contributed by atoms with Crippen LogP contribution < -0.4 is 5.32 Å². The van der Waals surface area contributed by atoms with Crippen LogP contribution in [0.1, 0.15) is 29.1 Å². The van der Waals surface area contributed by atoms with Crippen molar-refractivity contribution in [3.63, 3.8) is 0 Å². The molecule has 9 nitrogen and oxygen atoms in total. The number of oxazole rings is 1. The van der Waals surface area contributed by atoms with Crippen molar-refractivity contribution in [2.45, 2.75) is 45.4 Å². The van der Waals surface area contributed by atoms with E-state index in [1.807, 2.05) is 31.2 Å². The second kappa shape index (κ2) is 8.73. The van der Waals surface area contributed by atoms with E-state index >= 15 is 0 Å². The smallest absolute Gasteiger partial charge is 0.243 e. The summed E-state index contributed by atoms with van der Waals surface area (Å²) in [5.74, 6) is 0.574. The first-order chi connectivity index (χ1) is 14.9. The van der Waals surface area contributed by atoms with Crippen LogP contribution in [0.15, 0.2) is 45.7 Å². The summed E-state index contributed by atoms with van der Waals surface area (Å²) in [7, 11) is 0. The average molecular weight is 424 g/mol. The SMILES string of the molecule is Cc1cc(CC(=O)N2CC(O)CC2C(=O)NCc2ccc(-c3ocnc3C)cc2)on1. The Kier molecular flexibility index (Phi) is 5.85. The van der Waals surface area contributed by atoms with E-state index in [0.717, 1.165) is 16.8 Å². The molecule has 1 aromatic carbocycles. The lowest BCUT2D eigenvalue weighted by molar-refractivity contribution is -0.138. The van der Waals surface area contributed by atoms with Crippen molar-refractivity contribution in [3.05, 3.63) is 59.4 Å². The first-order valence-electron chi connectivity index (χ1n) is 10.1. The standard InChI is InChI=1S/C22H24N4O5/c1-13-7-18(31-25-13)9-20(28)26-11-17(27)8-19(26)22(29)23-10-15-3-5-16(6-4-15)21-14(2)24-12-30-21/h3-7,12,17,19,27H,8-11H2,1-2H3,(H,23,29). The van der Waals surface area contributed by atoms with Gasteiger partial charge in [-0.15, -0.1) is 0 Å². The van der Waals surface area contributed by atoms with Crippen molar-refractivity contribution in [2.24, 2.45) is 0 Å². The van der Waals surface area contributed by atoms with E-state index < -0.39 is 12.1 Å². The van der Waals surface area contributed by atoms with Crippen LogP contribution in [0.5, 0.6) is 0 Å². The lowest BCUT2D eigenvalue weighted by Gasteiger charge is -2.23. The van der Waals surface area contributed by atoms with Gasteiger partial charge in [0.25, 0.3) is 0 Å². The minimum Gasteiger partial charge on any atom is -0.443 e. The molecular formula is C22H24N4O5. The molecule has 1 aliphatic heterocycles. The van der Waals surface area contributed by atoms with E-state index in [0.29, 0.717) is 23.8 Å². The fraction of sp³-hybridized carbons (Fsp3) is 0.364. The number of β-amino-alcohol motifs (C(OH)–C–C–N with tert-alkyl or cyclic N) is 1. The van der Waals surface area contributed by atoms with Crippen LogP contribution in [-0.2, 0) is 22.6 Å². The number of nitrogens with zero attached hydrogens (tertiary/aromatic N) is 3. The van der Waals surface area contributed by atoms with Crippen LogP contribution in [0.25, 0.3) is 11.3 Å². The topological polar surface area (TPSA) is 122 Å². The van der Waals surface area contributed by atoms with E-state index in [2.05, 4.69) is 15.5 Å². The second-order valence-corrected chi connectivity index (χ2v) is 7.74. The summed E-state index contributed by atoms with van der Waals surface area (Å²) in [6.07, 6.45) is 0.878. The van der Waals surface area contributed by atoms with Crippen molar-refractivity contribution >= 4 is 11.8 Å². The Bertz CT molecular complexity index is 1070. The van der Waals surface area contributed by atoms with Gasteiger partial charge in [0.1, 0.15) is 11.8 Å². The molecule has 2 atom stereocenters. The number of rotatable bonds is 6. The van der Waals surface area contributed by atoms with Crippen molar-refractivity contribution < 1.29 is 23.6 Å². The Morgan fingerprint density at radius 2 is 2.03 bits per heavy atom. The molecule has 0 saturated carbocycles. The third kappa shape index (κ3) is 4.66. The van der Waals surface area contributed by atoms with Gasteiger partial charge in [-0.3, -0.25) is 9.59 Å². The van der Waals surface area contributed by atoms with Crippen molar-refractivity contribution in [3.8, 4) is 11.3 Å². The van der Waals surface area contributed by atoms with Crippen LogP contribution in [0.4, 0.5) is 0 Å². The average Bonchev–Trinajstić information content (AvgIpc) is 3.46. The molecule has 3 heterocycles. The van der Waals surface area contributed by atoms with Gasteiger partial charge in [-0.1, -0.05) is 29.4 Å². The maximum Gasteiger partial charge on any atom is 0.243 e. The van der Waals surface area contributed by atoms with Crippen LogP contribution >= 0.6 is 0 Å². The summed E-state index contributed by atoms with van der Waals surface area (Å²) in [5.41, 5.74) is 3.31. The van der Waals surface area contributed by atoms with Gasteiger partial charge in [0.15, 0.2) is 12.2 Å². The maximum absolute atomic E-state index is 12.8. The molecular weight excluding hydrogens is 400 g/mol. The Morgan fingerprint density at radius 1 is 1.26 bits per heavy atom. The minimum absolute atomic E-state index is 0.000144. The number of aliphatic hydroxyl groups is 1. The Labute approximate surface area is 179 Å². The van der Waals surface area contributed by atoms with Crippen molar-refractivity contribution in [2.75, 3.05) is 6.54 Å². The highest BCUT2D eigenvalue weighted by molar-refractivity contribution is 5.89. The highest BCUT2D eigenvalue weighted by atomic mass is 16.5. The lowest BCUT2D eigenvalue weighted by atomic mass is 10.1. The first-order valence-corrected chi connectivity index (χ1v) is 10.1. The van der Waals surface area contributed by atoms with Gasteiger partial charge in [0.05, 0.1) is 23.9 Å². The number of aryl methyl sites for hydroxylation is 2. The Hall–Kier alpha value is -3.46. The van der Waals surface area contributed by atoms with Crippen molar-refractivity contribution in [1.82, 2.24) is 20.4 Å². The van der Waals surface area contributed by atoms with Crippen LogP contribution in [0.3, 0.4) is 0 Å². The monoisotopic (exact) mass is 424 g/mol. The zero-order valence-corrected chi connectivity index (χ0v) is 17.4. The summed E-state index contributed by atoms with van der Waals surface area (Å²) in [4.78, 5) is 30.9. The van der Waals surface area contributed by atoms with Gasteiger partial charge in [-0.2, -0.15) is 0 Å². The number of amides is 2. The van der Waals surface area contributed by atoms with Crippen molar-refractivity contribution in [1.29, 1.82) is 0 Å². The third-order valence-electron chi connectivity index (χ3n) is 5.33. The number of hydrogen-bond acceptors (Lipinski definition) is 7. The van der Waals surface area contributed by atoms with Gasteiger partial charge in [0, 0.05) is 31.1 Å². The largest absolute Gasteiger partial charge is 0.443 e. The quantitative estimate of drug-likeness (QED) is 0.618. The minimum atomic E-state index is -0.736. The molecule has 1 saturated heterocycles. The molecule has 2 amide bonds. The number of aliphatic hydroxyl groups excluding tert-OH is 1. The summed E-state index contributed by atoms with van der Waals surface area (Å²) in [6, 6.07) is 8.57. The Morgan fingerprint density at radius 3 is 2.68 bits per heavy atom. The molecule has 1 fully saturated rings. The fourth-order valence-corrected chi connectivity index (χ4v) is 3.75. The first kappa shape index (κ1) is 20.8. The summed E-state index contributed by atoms with van der Waals surface area (Å²) >= 11 is 0. The number of nitrogens with one attached hydrogen (secondary N) is 1. The normalized spacial score (nSPS) is 18.4. The zero-order valence-electron chi connectivity index (χ0n) is 17.4. The molecule has 0 aliphatic carbocycles. The summed E-state index contributed by atoms with van der Waals surface area (Å²) < 4.78 is 10.5. The third-order valence-corrected chi connectivity index (χ3v) is 5.33. The van der Waals surface area contributed by atoms with Gasteiger partial charge in [0.2, 0.25) is 11.8 Å². The molecule has 2 unspecified atom stereocenters. The van der Waals surface area contributed by atoms with Gasteiger partial charge in [-0.25, -0.2) is 4.98 Å². The maximum atomic E-state index is 12.8. The Balaban J connectivity index is 1.36. The van der Waals surface area contributed by atoms with E-state index in [4.69, 9.17) is 8.94 Å². The highest BCUT2D eigenvalue weighted by Gasteiger charge is 2.38. The zero-order chi connectivity index (χ0) is 22.0. The van der Waals surface area contributed by atoms with Gasteiger partial charge in [-0.05, 0) is 19.4 Å². The van der Waals surface area contributed by atoms with Crippen LogP contribution in [0, 0.1) is 13.8 Å². The number of hydrogen-bond donors (Lipinski definition) is 2. The van der Waals surface area contributed by atoms with E-state index in [1.165, 1.54) is 11.3 Å².